The van der Waals surface area contributed by atoms with Crippen molar-refractivity contribution in [3.05, 3.63) is 36.7 Å². The van der Waals surface area contributed by atoms with Crippen molar-refractivity contribution in [2.75, 3.05) is 18.1 Å². The van der Waals surface area contributed by atoms with Crippen molar-refractivity contribution in [1.82, 2.24) is 19.7 Å². The van der Waals surface area contributed by atoms with E-state index in [1.54, 1.807) is 15.9 Å². The molecule has 1 fully saturated rings. The predicted molar refractivity (Wildman–Crippen MR) is 101 cm³/mol. The van der Waals surface area contributed by atoms with Gasteiger partial charge in [-0.3, -0.25) is 4.79 Å². The number of carbonyl (C=O) groups excluding carboxylic acids is 1. The first-order valence-corrected chi connectivity index (χ1v) is 11.2. The van der Waals surface area contributed by atoms with Gasteiger partial charge in [-0.25, -0.2) is 18.1 Å². The number of thioether (sulfide) groups is 1. The Morgan fingerprint density at radius 3 is 2.73 bits per heavy atom. The van der Waals surface area contributed by atoms with Crippen molar-refractivity contribution in [1.29, 1.82) is 0 Å². The Morgan fingerprint density at radius 2 is 2.12 bits per heavy atom. The minimum Gasteiger partial charge on any atom is -0.338 e. The molecule has 9 heteroatoms. The van der Waals surface area contributed by atoms with Crippen LogP contribution in [-0.2, 0) is 14.6 Å². The number of rotatable bonds is 6. The summed E-state index contributed by atoms with van der Waals surface area (Å²) in [5, 5.41) is 4.54. The van der Waals surface area contributed by atoms with Gasteiger partial charge < -0.3 is 4.90 Å². The van der Waals surface area contributed by atoms with Gasteiger partial charge >= 0.3 is 0 Å². The van der Waals surface area contributed by atoms with Crippen LogP contribution in [0.15, 0.2) is 41.8 Å². The van der Waals surface area contributed by atoms with Gasteiger partial charge in [-0.05, 0) is 32.4 Å². The Morgan fingerprint density at radius 1 is 1.38 bits per heavy atom. The lowest BCUT2D eigenvalue weighted by atomic mass is 10.2. The number of carbonyl (C=O) groups is 1. The highest BCUT2D eigenvalue weighted by Crippen LogP contribution is 2.25. The van der Waals surface area contributed by atoms with Crippen LogP contribution < -0.4 is 0 Å². The summed E-state index contributed by atoms with van der Waals surface area (Å²) >= 11 is 1.29. The monoisotopic (exact) mass is 394 g/mol. The second-order valence-corrected chi connectivity index (χ2v) is 9.79. The third-order valence-electron chi connectivity index (χ3n) is 4.39. The van der Waals surface area contributed by atoms with E-state index >= 15 is 0 Å². The smallest absolute Gasteiger partial charge is 0.236 e. The van der Waals surface area contributed by atoms with E-state index in [-0.39, 0.29) is 28.7 Å². The van der Waals surface area contributed by atoms with Gasteiger partial charge in [0.05, 0.1) is 22.4 Å². The van der Waals surface area contributed by atoms with Crippen molar-refractivity contribution in [3.63, 3.8) is 0 Å². The highest BCUT2D eigenvalue weighted by Gasteiger charge is 2.35. The molecular weight excluding hydrogens is 372 g/mol. The zero-order chi connectivity index (χ0) is 18.7. The molecule has 0 bridgehead atoms. The molecule has 0 aliphatic carbocycles. The van der Waals surface area contributed by atoms with Crippen molar-refractivity contribution in [2.45, 2.75) is 36.7 Å². The van der Waals surface area contributed by atoms with Crippen molar-refractivity contribution in [3.8, 4) is 5.69 Å². The van der Waals surface area contributed by atoms with Crippen LogP contribution in [0.25, 0.3) is 5.69 Å². The largest absolute Gasteiger partial charge is 0.338 e. The normalized spacial score (nSPS) is 20.0. The van der Waals surface area contributed by atoms with Gasteiger partial charge in [0, 0.05) is 12.6 Å². The maximum atomic E-state index is 12.8. The summed E-state index contributed by atoms with van der Waals surface area (Å²) in [6.07, 6.45) is 2.14. The maximum absolute atomic E-state index is 12.8. The highest BCUT2D eigenvalue weighted by molar-refractivity contribution is 8.00. The van der Waals surface area contributed by atoms with Crippen LogP contribution in [0.2, 0.25) is 0 Å². The molecule has 1 aliphatic rings. The Labute approximate surface area is 157 Å². The van der Waals surface area contributed by atoms with Crippen LogP contribution in [0, 0.1) is 0 Å². The molecule has 2 heterocycles. The lowest BCUT2D eigenvalue weighted by Gasteiger charge is -2.29. The molecule has 1 aromatic carbocycles. The fourth-order valence-electron chi connectivity index (χ4n) is 3.06. The molecule has 1 saturated heterocycles. The van der Waals surface area contributed by atoms with Crippen molar-refractivity contribution < 1.29 is 13.2 Å². The summed E-state index contributed by atoms with van der Waals surface area (Å²) in [4.78, 5) is 18.7. The molecule has 1 aromatic heterocycles. The molecule has 26 heavy (non-hydrogen) atoms. The minimum absolute atomic E-state index is 0.0604. The van der Waals surface area contributed by atoms with E-state index in [1.807, 2.05) is 44.2 Å². The summed E-state index contributed by atoms with van der Waals surface area (Å²) in [6, 6.07) is 9.40. The van der Waals surface area contributed by atoms with Crippen LogP contribution >= 0.6 is 11.8 Å². The molecule has 2 atom stereocenters. The fraction of sp³-hybridized carbons (Fsp3) is 0.471. The van der Waals surface area contributed by atoms with E-state index in [0.29, 0.717) is 18.1 Å². The number of benzene rings is 1. The maximum Gasteiger partial charge on any atom is 0.236 e. The first-order valence-electron chi connectivity index (χ1n) is 8.54. The first-order chi connectivity index (χ1) is 12.4. The van der Waals surface area contributed by atoms with Gasteiger partial charge in [0.2, 0.25) is 11.1 Å². The standard InChI is InChI=1S/C17H22N4O3S2/c1-3-20(15-9-10-26(23,24)11-15)16(22)13(2)25-17-18-12-21(19-17)14-7-5-4-6-8-14/h4-8,12-13,15H,3,9-11H2,1-2H3. The van der Waals surface area contributed by atoms with E-state index < -0.39 is 9.84 Å². The Kier molecular flexibility index (Phi) is 5.67. The average Bonchev–Trinajstić information content (AvgIpc) is 3.22. The summed E-state index contributed by atoms with van der Waals surface area (Å²) in [5.41, 5.74) is 0.900. The van der Waals surface area contributed by atoms with E-state index in [1.165, 1.54) is 11.8 Å². The molecule has 1 aliphatic heterocycles. The Bertz CT molecular complexity index is 867. The van der Waals surface area contributed by atoms with Gasteiger partial charge in [0.25, 0.3) is 0 Å². The molecule has 0 N–H and O–H groups in total. The van der Waals surface area contributed by atoms with E-state index in [9.17, 15) is 13.2 Å². The minimum atomic E-state index is -3.02. The Balaban J connectivity index is 1.66. The molecule has 1 amide bonds. The highest BCUT2D eigenvalue weighted by atomic mass is 32.2. The van der Waals surface area contributed by atoms with Crippen LogP contribution in [-0.4, -0.2) is 63.3 Å². The summed E-state index contributed by atoms with van der Waals surface area (Å²) < 4.78 is 25.1. The van der Waals surface area contributed by atoms with Gasteiger partial charge in [-0.15, -0.1) is 5.10 Å². The predicted octanol–water partition coefficient (Wildman–Crippen LogP) is 1.78. The van der Waals surface area contributed by atoms with Crippen molar-refractivity contribution in [2.24, 2.45) is 0 Å². The third-order valence-corrected chi connectivity index (χ3v) is 7.10. The lowest BCUT2D eigenvalue weighted by molar-refractivity contribution is -0.131. The number of para-hydroxylation sites is 1. The van der Waals surface area contributed by atoms with E-state index in [0.717, 1.165) is 5.69 Å². The van der Waals surface area contributed by atoms with Crippen LogP contribution in [0.1, 0.15) is 20.3 Å². The van der Waals surface area contributed by atoms with Crippen LogP contribution in [0.3, 0.4) is 0 Å². The number of hydrogen-bond acceptors (Lipinski definition) is 6. The number of sulfone groups is 1. The quantitative estimate of drug-likeness (QED) is 0.695. The zero-order valence-electron chi connectivity index (χ0n) is 14.8. The second-order valence-electron chi connectivity index (χ2n) is 6.25. The van der Waals surface area contributed by atoms with Gasteiger partial charge in [0.1, 0.15) is 6.33 Å². The molecule has 3 rings (SSSR count). The first kappa shape index (κ1) is 18.9. The zero-order valence-corrected chi connectivity index (χ0v) is 16.4. The van der Waals surface area contributed by atoms with Crippen molar-refractivity contribution >= 4 is 27.5 Å². The number of amides is 1. The van der Waals surface area contributed by atoms with Crippen LogP contribution in [0.5, 0.6) is 0 Å². The van der Waals surface area contributed by atoms with Gasteiger partial charge in [0.15, 0.2) is 9.84 Å². The average molecular weight is 395 g/mol. The molecular formula is C17H22N4O3S2. The Hall–Kier alpha value is -1.87. The molecule has 7 nitrogen and oxygen atoms in total. The molecule has 140 valence electrons. The molecule has 0 saturated carbocycles. The van der Waals surface area contributed by atoms with Gasteiger partial charge in [-0.1, -0.05) is 30.0 Å². The molecule has 0 radical (unpaired) electrons. The second kappa shape index (κ2) is 7.79. The number of hydrogen-bond donors (Lipinski definition) is 0. The van der Waals surface area contributed by atoms with E-state index in [4.69, 9.17) is 0 Å². The van der Waals surface area contributed by atoms with Crippen LogP contribution in [0.4, 0.5) is 0 Å². The summed E-state index contributed by atoms with van der Waals surface area (Å²) in [7, 11) is -3.02. The summed E-state index contributed by atoms with van der Waals surface area (Å²) in [6.45, 7) is 4.18. The third kappa shape index (κ3) is 4.27. The lowest BCUT2D eigenvalue weighted by Crippen LogP contribution is -2.44. The SMILES string of the molecule is CCN(C(=O)C(C)Sc1ncn(-c2ccccc2)n1)C1CCS(=O)(=O)C1. The topological polar surface area (TPSA) is 85.2 Å². The number of aromatic nitrogens is 3. The molecule has 2 unspecified atom stereocenters. The summed E-state index contributed by atoms with van der Waals surface area (Å²) in [5.74, 6) is 0.146. The fourth-order valence-corrected chi connectivity index (χ4v) is 5.59. The number of nitrogens with zero attached hydrogens (tertiary/aromatic N) is 4. The molecule has 2 aromatic rings. The van der Waals surface area contributed by atoms with E-state index in [2.05, 4.69) is 10.1 Å². The van der Waals surface area contributed by atoms with Gasteiger partial charge in [-0.2, -0.15) is 0 Å². The molecule has 0 spiro atoms.